The lowest BCUT2D eigenvalue weighted by atomic mass is 10.1. The third-order valence-corrected chi connectivity index (χ3v) is 5.26. The number of nitrogens with zero attached hydrogens (tertiary/aromatic N) is 3. The summed E-state index contributed by atoms with van der Waals surface area (Å²) in [4.78, 5) is 2.69. The largest absolute Gasteiger partial charge is 0.320 e. The Morgan fingerprint density at radius 1 is 1.09 bits per heavy atom. The van der Waals surface area contributed by atoms with Crippen LogP contribution in [-0.2, 0) is 6.54 Å². The molecule has 23 heavy (non-hydrogen) atoms. The molecule has 2 aliphatic heterocycles. The van der Waals surface area contributed by atoms with E-state index in [-0.39, 0.29) is 0 Å². The van der Waals surface area contributed by atoms with Crippen molar-refractivity contribution < 1.29 is 0 Å². The van der Waals surface area contributed by atoms with Gasteiger partial charge in [-0.1, -0.05) is 0 Å². The lowest BCUT2D eigenvalue weighted by Crippen LogP contribution is -2.37. The van der Waals surface area contributed by atoms with Crippen molar-refractivity contribution in [3.8, 4) is 11.8 Å². The van der Waals surface area contributed by atoms with Crippen molar-refractivity contribution in [1.82, 2.24) is 14.8 Å². The fraction of sp³-hybridized carbons (Fsp3) is 0.421. The van der Waals surface area contributed by atoms with E-state index in [1.807, 2.05) is 24.3 Å². The minimum Gasteiger partial charge on any atom is -0.320 e. The van der Waals surface area contributed by atoms with Gasteiger partial charge in [-0.25, -0.2) is 0 Å². The predicted octanol–water partition coefficient (Wildman–Crippen LogP) is 2.68. The summed E-state index contributed by atoms with van der Waals surface area (Å²) in [5.74, 6) is 0. The molecule has 4 nitrogen and oxygen atoms in total. The topological polar surface area (TPSA) is 44.0 Å². The number of nitriles is 1. The molecule has 0 aliphatic carbocycles. The summed E-state index contributed by atoms with van der Waals surface area (Å²) in [6.45, 7) is 3.27. The van der Waals surface area contributed by atoms with Crippen LogP contribution < -0.4 is 5.32 Å². The van der Waals surface area contributed by atoms with Crippen molar-refractivity contribution in [3.63, 3.8) is 0 Å². The van der Waals surface area contributed by atoms with Gasteiger partial charge in [0.15, 0.2) is 0 Å². The highest BCUT2D eigenvalue weighted by Crippen LogP contribution is 2.30. The normalized spacial score (nSPS) is 24.3. The van der Waals surface area contributed by atoms with Gasteiger partial charge in [0.1, 0.15) is 0 Å². The Balaban J connectivity index is 1.58. The Labute approximate surface area is 137 Å². The third kappa shape index (κ3) is 2.78. The number of benzene rings is 1. The van der Waals surface area contributed by atoms with Crippen LogP contribution in [0, 0.1) is 11.3 Å². The molecular formula is C19H22N4. The predicted molar refractivity (Wildman–Crippen MR) is 90.3 cm³/mol. The first-order valence-corrected chi connectivity index (χ1v) is 8.48. The number of nitrogens with one attached hydrogen (secondary N) is 1. The van der Waals surface area contributed by atoms with E-state index in [1.165, 1.54) is 25.0 Å². The van der Waals surface area contributed by atoms with Crippen LogP contribution in [-0.4, -0.2) is 34.6 Å². The number of rotatable bonds is 3. The molecule has 0 unspecified atom stereocenters. The van der Waals surface area contributed by atoms with E-state index in [0.29, 0.717) is 11.6 Å². The zero-order valence-corrected chi connectivity index (χ0v) is 13.3. The molecule has 0 radical (unpaired) electrons. The maximum Gasteiger partial charge on any atom is 0.0991 e. The van der Waals surface area contributed by atoms with Gasteiger partial charge in [0.05, 0.1) is 11.6 Å². The van der Waals surface area contributed by atoms with Gasteiger partial charge in [-0.2, -0.15) is 5.26 Å². The molecule has 1 aromatic carbocycles. The second-order valence-electron chi connectivity index (χ2n) is 6.58. The van der Waals surface area contributed by atoms with Gasteiger partial charge in [-0.15, -0.1) is 0 Å². The summed E-state index contributed by atoms with van der Waals surface area (Å²) in [6, 6.07) is 15.7. The summed E-state index contributed by atoms with van der Waals surface area (Å²) < 4.78 is 2.25. The Morgan fingerprint density at radius 2 is 1.91 bits per heavy atom. The van der Waals surface area contributed by atoms with E-state index >= 15 is 0 Å². The molecule has 4 rings (SSSR count). The SMILES string of the molecule is N#Cc1ccc(-n2cccc2CN2[C@H]3CCNC[C@@H]2CC3)cc1. The van der Waals surface area contributed by atoms with Crippen LogP contribution in [0.1, 0.15) is 30.5 Å². The Bertz CT molecular complexity index is 696. The highest BCUT2D eigenvalue weighted by Gasteiger charge is 2.34. The summed E-state index contributed by atoms with van der Waals surface area (Å²) in [5, 5.41) is 12.5. The minimum atomic E-state index is 0.673. The van der Waals surface area contributed by atoms with Crippen molar-refractivity contribution >= 4 is 0 Å². The fourth-order valence-electron chi connectivity index (χ4n) is 4.02. The second-order valence-corrected chi connectivity index (χ2v) is 6.58. The molecule has 2 aromatic rings. The molecular weight excluding hydrogens is 284 g/mol. The van der Waals surface area contributed by atoms with Crippen molar-refractivity contribution in [2.75, 3.05) is 13.1 Å². The number of hydrogen-bond donors (Lipinski definition) is 1. The van der Waals surface area contributed by atoms with E-state index in [4.69, 9.17) is 5.26 Å². The van der Waals surface area contributed by atoms with Crippen molar-refractivity contribution in [2.24, 2.45) is 0 Å². The average Bonchev–Trinajstić information content (AvgIpc) is 3.12. The van der Waals surface area contributed by atoms with Crippen LogP contribution >= 0.6 is 0 Å². The van der Waals surface area contributed by atoms with Gasteiger partial charge in [-0.05, 0) is 62.2 Å². The van der Waals surface area contributed by atoms with Gasteiger partial charge in [-0.3, -0.25) is 4.90 Å². The van der Waals surface area contributed by atoms with Crippen molar-refractivity contribution in [2.45, 2.75) is 37.9 Å². The Morgan fingerprint density at radius 3 is 2.74 bits per heavy atom. The standard InChI is InChI=1S/C19H22N4/c20-12-15-3-5-16(6-4-15)22-11-1-2-19(22)14-23-17-7-8-18(23)13-21-10-9-17/h1-6,11,17-18,21H,7-10,13-14H2/t17-,18+/m1/s1. The van der Waals surface area contributed by atoms with Crippen LogP contribution in [0.2, 0.25) is 0 Å². The van der Waals surface area contributed by atoms with Gasteiger partial charge in [0, 0.05) is 42.8 Å². The van der Waals surface area contributed by atoms with Crippen molar-refractivity contribution in [3.05, 3.63) is 53.9 Å². The third-order valence-electron chi connectivity index (χ3n) is 5.26. The minimum absolute atomic E-state index is 0.673. The second kappa shape index (κ2) is 6.19. The maximum atomic E-state index is 8.95. The highest BCUT2D eigenvalue weighted by atomic mass is 15.2. The molecule has 2 atom stereocenters. The van der Waals surface area contributed by atoms with Gasteiger partial charge in [0.25, 0.3) is 0 Å². The van der Waals surface area contributed by atoms with Gasteiger partial charge < -0.3 is 9.88 Å². The number of fused-ring (bicyclic) bond motifs is 2. The van der Waals surface area contributed by atoms with E-state index < -0.39 is 0 Å². The zero-order chi connectivity index (χ0) is 15.6. The van der Waals surface area contributed by atoms with Crippen LogP contribution in [0.3, 0.4) is 0 Å². The first kappa shape index (κ1) is 14.5. The molecule has 4 heteroatoms. The maximum absolute atomic E-state index is 8.95. The molecule has 3 heterocycles. The lowest BCUT2D eigenvalue weighted by Gasteiger charge is -2.28. The smallest absolute Gasteiger partial charge is 0.0991 e. The molecule has 118 valence electrons. The fourth-order valence-corrected chi connectivity index (χ4v) is 4.02. The monoisotopic (exact) mass is 306 g/mol. The number of hydrogen-bond acceptors (Lipinski definition) is 3. The Hall–Kier alpha value is -2.09. The highest BCUT2D eigenvalue weighted by molar-refractivity contribution is 5.41. The Kier molecular flexibility index (Phi) is 3.90. The molecule has 2 fully saturated rings. The van der Waals surface area contributed by atoms with Crippen LogP contribution in [0.5, 0.6) is 0 Å². The van der Waals surface area contributed by atoms with Crippen molar-refractivity contribution in [1.29, 1.82) is 5.26 Å². The molecule has 1 aromatic heterocycles. The summed E-state index contributed by atoms with van der Waals surface area (Å²) in [6.07, 6.45) is 6.03. The van der Waals surface area contributed by atoms with Crippen LogP contribution in [0.15, 0.2) is 42.6 Å². The number of aromatic nitrogens is 1. The summed E-state index contributed by atoms with van der Waals surface area (Å²) in [7, 11) is 0. The van der Waals surface area contributed by atoms with E-state index in [2.05, 4.69) is 39.2 Å². The average molecular weight is 306 g/mol. The molecule has 2 bridgehead atoms. The summed E-state index contributed by atoms with van der Waals surface area (Å²) >= 11 is 0. The molecule has 1 N–H and O–H groups in total. The first-order valence-electron chi connectivity index (χ1n) is 8.48. The van der Waals surface area contributed by atoms with E-state index in [9.17, 15) is 0 Å². The zero-order valence-electron chi connectivity index (χ0n) is 13.3. The lowest BCUT2D eigenvalue weighted by molar-refractivity contribution is 0.190. The van der Waals surface area contributed by atoms with Gasteiger partial charge >= 0.3 is 0 Å². The van der Waals surface area contributed by atoms with Crippen LogP contribution in [0.4, 0.5) is 0 Å². The van der Waals surface area contributed by atoms with E-state index in [1.54, 1.807) is 0 Å². The molecule has 0 amide bonds. The van der Waals surface area contributed by atoms with Crippen LogP contribution in [0.25, 0.3) is 5.69 Å². The molecule has 0 spiro atoms. The van der Waals surface area contributed by atoms with E-state index in [0.717, 1.165) is 31.4 Å². The summed E-state index contributed by atoms with van der Waals surface area (Å²) in [5.41, 5.74) is 3.16. The molecule has 2 saturated heterocycles. The quantitative estimate of drug-likeness (QED) is 0.948. The molecule has 0 saturated carbocycles. The first-order chi connectivity index (χ1) is 11.3. The molecule has 2 aliphatic rings. The van der Waals surface area contributed by atoms with Gasteiger partial charge in [0.2, 0.25) is 0 Å².